The molecule has 2 N–H and O–H groups in total. The van der Waals surface area contributed by atoms with Gasteiger partial charge in [-0.05, 0) is 51.8 Å². The molecule has 100 valence electrons. The Hall–Kier alpha value is -0.910. The molecule has 0 heterocycles. The third kappa shape index (κ3) is 3.55. The van der Waals surface area contributed by atoms with Crippen molar-refractivity contribution in [3.05, 3.63) is 57.3 Å². The monoisotopic (exact) mass is 361 g/mol. The highest BCUT2D eigenvalue weighted by Crippen LogP contribution is 2.25. The van der Waals surface area contributed by atoms with Gasteiger partial charge in [-0.2, -0.15) is 0 Å². The van der Waals surface area contributed by atoms with Crippen molar-refractivity contribution in [2.24, 2.45) is 0 Å². The average Bonchev–Trinajstić information content (AvgIpc) is 2.33. The first-order chi connectivity index (χ1) is 8.97. The Labute approximate surface area is 126 Å². The largest absolute Gasteiger partial charge is 0.399 e. The zero-order valence-electron chi connectivity index (χ0n) is 9.70. The summed E-state index contributed by atoms with van der Waals surface area (Å²) in [5.74, 6) is -0.215. The van der Waals surface area contributed by atoms with Crippen LogP contribution in [-0.2, 0) is 16.6 Å². The number of hydrogen-bond donors (Lipinski definition) is 1. The van der Waals surface area contributed by atoms with Crippen LogP contribution < -0.4 is 5.73 Å². The molecule has 0 aliphatic rings. The van der Waals surface area contributed by atoms with E-state index in [2.05, 4.69) is 15.9 Å². The Morgan fingerprint density at radius 2 is 2.00 bits per heavy atom. The molecule has 2 rings (SSSR count). The lowest BCUT2D eigenvalue weighted by molar-refractivity contribution is 0.627. The number of benzene rings is 2. The predicted molar refractivity (Wildman–Crippen MR) is 80.1 cm³/mol. The summed E-state index contributed by atoms with van der Waals surface area (Å²) in [6, 6.07) is 9.43. The molecular formula is C13H10BrClFNOS. The summed E-state index contributed by atoms with van der Waals surface area (Å²) in [5, 5.41) is 0.0332. The predicted octanol–water partition coefficient (Wildman–Crippen LogP) is 4.13. The molecule has 0 bridgehead atoms. The third-order valence-corrected chi connectivity index (χ3v) is 5.13. The normalized spacial score (nSPS) is 12.4. The number of anilines is 1. The van der Waals surface area contributed by atoms with Gasteiger partial charge in [0.25, 0.3) is 0 Å². The quantitative estimate of drug-likeness (QED) is 0.834. The van der Waals surface area contributed by atoms with E-state index in [1.807, 2.05) is 0 Å². The van der Waals surface area contributed by atoms with Crippen LogP contribution in [0.5, 0.6) is 0 Å². The van der Waals surface area contributed by atoms with Gasteiger partial charge in [-0.3, -0.25) is 4.21 Å². The minimum atomic E-state index is -1.25. The van der Waals surface area contributed by atoms with Gasteiger partial charge in [0.15, 0.2) is 0 Å². The molecule has 1 unspecified atom stereocenters. The smallest absolute Gasteiger partial charge is 0.141 e. The van der Waals surface area contributed by atoms with Crippen LogP contribution >= 0.6 is 27.5 Å². The maximum atomic E-state index is 13.0. The van der Waals surface area contributed by atoms with Gasteiger partial charge < -0.3 is 5.73 Å². The Morgan fingerprint density at radius 1 is 1.26 bits per heavy atom. The van der Waals surface area contributed by atoms with Crippen molar-refractivity contribution in [2.45, 2.75) is 10.6 Å². The first-order valence-corrected chi connectivity index (χ1v) is 7.83. The second-order valence-electron chi connectivity index (χ2n) is 3.93. The van der Waals surface area contributed by atoms with E-state index >= 15 is 0 Å². The van der Waals surface area contributed by atoms with Crippen LogP contribution in [-0.4, -0.2) is 4.21 Å². The van der Waals surface area contributed by atoms with Crippen molar-refractivity contribution < 1.29 is 8.60 Å². The topological polar surface area (TPSA) is 43.1 Å². The molecule has 0 saturated carbocycles. The number of halogens is 3. The summed E-state index contributed by atoms with van der Waals surface area (Å²) in [4.78, 5) is 0.648. The summed E-state index contributed by atoms with van der Waals surface area (Å²) in [6.07, 6.45) is 0. The summed E-state index contributed by atoms with van der Waals surface area (Å²) >= 11 is 9.02. The summed E-state index contributed by atoms with van der Waals surface area (Å²) in [7, 11) is -1.25. The van der Waals surface area contributed by atoms with Crippen LogP contribution in [0, 0.1) is 5.82 Å². The number of hydrogen-bond acceptors (Lipinski definition) is 2. The molecule has 0 aliphatic carbocycles. The van der Waals surface area contributed by atoms with E-state index in [-0.39, 0.29) is 10.8 Å². The first-order valence-electron chi connectivity index (χ1n) is 5.34. The molecule has 0 aliphatic heterocycles. The Balaban J connectivity index is 2.23. The molecule has 0 fully saturated rings. The van der Waals surface area contributed by atoms with Gasteiger partial charge >= 0.3 is 0 Å². The molecule has 2 nitrogen and oxygen atoms in total. The van der Waals surface area contributed by atoms with Gasteiger partial charge in [-0.15, -0.1) is 0 Å². The van der Waals surface area contributed by atoms with Crippen LogP contribution in [0.25, 0.3) is 0 Å². The maximum Gasteiger partial charge on any atom is 0.141 e. The molecule has 1 atom stereocenters. The molecule has 0 saturated heterocycles. The average molecular weight is 363 g/mol. The van der Waals surface area contributed by atoms with E-state index in [1.165, 1.54) is 12.1 Å². The van der Waals surface area contributed by atoms with Gasteiger partial charge in [0.05, 0.1) is 26.5 Å². The van der Waals surface area contributed by atoms with Crippen molar-refractivity contribution in [1.82, 2.24) is 0 Å². The highest BCUT2D eigenvalue weighted by atomic mass is 79.9. The van der Waals surface area contributed by atoms with Crippen LogP contribution in [0.2, 0.25) is 5.02 Å². The lowest BCUT2D eigenvalue weighted by Crippen LogP contribution is -1.99. The molecule has 0 radical (unpaired) electrons. The molecule has 2 aromatic carbocycles. The van der Waals surface area contributed by atoms with Crippen LogP contribution in [0.4, 0.5) is 10.1 Å². The van der Waals surface area contributed by atoms with E-state index in [0.29, 0.717) is 20.6 Å². The second-order valence-corrected chi connectivity index (χ2v) is 6.61. The molecule has 2 aromatic rings. The molecule has 19 heavy (non-hydrogen) atoms. The van der Waals surface area contributed by atoms with Crippen LogP contribution in [0.1, 0.15) is 5.56 Å². The van der Waals surface area contributed by atoms with E-state index in [1.54, 1.807) is 24.3 Å². The number of nitrogen functional groups attached to an aromatic ring is 1. The van der Waals surface area contributed by atoms with Crippen LogP contribution in [0.15, 0.2) is 45.8 Å². The molecule has 6 heteroatoms. The molecular weight excluding hydrogens is 353 g/mol. The van der Waals surface area contributed by atoms with Crippen molar-refractivity contribution in [3.63, 3.8) is 0 Å². The van der Waals surface area contributed by atoms with Crippen molar-refractivity contribution in [1.29, 1.82) is 0 Å². The van der Waals surface area contributed by atoms with E-state index in [9.17, 15) is 8.60 Å². The van der Waals surface area contributed by atoms with Crippen molar-refractivity contribution >= 4 is 44.0 Å². The summed E-state index contributed by atoms with van der Waals surface area (Å²) < 4.78 is 26.0. The third-order valence-electron chi connectivity index (χ3n) is 2.48. The first kappa shape index (κ1) is 14.5. The number of rotatable bonds is 3. The van der Waals surface area contributed by atoms with Crippen molar-refractivity contribution in [3.8, 4) is 0 Å². The highest BCUT2D eigenvalue weighted by Gasteiger charge is 2.10. The van der Waals surface area contributed by atoms with E-state index in [0.717, 1.165) is 0 Å². The van der Waals surface area contributed by atoms with Gasteiger partial charge in [0, 0.05) is 10.2 Å². The highest BCUT2D eigenvalue weighted by molar-refractivity contribution is 9.10. The minimum absolute atomic E-state index is 0.0332. The van der Waals surface area contributed by atoms with Gasteiger partial charge in [0.2, 0.25) is 0 Å². The van der Waals surface area contributed by atoms with Gasteiger partial charge in [-0.1, -0.05) is 17.7 Å². The Bertz CT molecular complexity index is 651. The zero-order chi connectivity index (χ0) is 14.0. The van der Waals surface area contributed by atoms with Crippen LogP contribution in [0.3, 0.4) is 0 Å². The number of nitrogens with two attached hydrogens (primary N) is 1. The lowest BCUT2D eigenvalue weighted by Gasteiger charge is -2.06. The second kappa shape index (κ2) is 6.03. The lowest BCUT2D eigenvalue weighted by atomic mass is 10.2. The summed E-state index contributed by atoms with van der Waals surface area (Å²) in [5.41, 5.74) is 6.94. The van der Waals surface area contributed by atoms with Gasteiger partial charge in [-0.25, -0.2) is 4.39 Å². The molecule has 0 amide bonds. The van der Waals surface area contributed by atoms with Crippen molar-refractivity contribution in [2.75, 3.05) is 5.73 Å². The Morgan fingerprint density at radius 3 is 2.63 bits per heavy atom. The summed E-state index contributed by atoms with van der Waals surface area (Å²) in [6.45, 7) is 0. The molecule has 0 spiro atoms. The van der Waals surface area contributed by atoms with Gasteiger partial charge in [0.1, 0.15) is 5.82 Å². The van der Waals surface area contributed by atoms with E-state index in [4.69, 9.17) is 17.3 Å². The fourth-order valence-corrected chi connectivity index (χ4v) is 3.84. The molecule has 0 aromatic heterocycles. The standard InChI is InChI=1S/C13H10BrClFNOS/c14-10-6-9(17)2-4-13(10)19(18)7-8-1-3-12(16)11(15)5-8/h1-6H,7,17H2. The van der Waals surface area contributed by atoms with E-state index < -0.39 is 16.6 Å². The Kier molecular flexibility index (Phi) is 4.60. The maximum absolute atomic E-state index is 13.0. The zero-order valence-corrected chi connectivity index (χ0v) is 12.9. The fraction of sp³-hybridized carbons (Fsp3) is 0.0769. The fourth-order valence-electron chi connectivity index (χ4n) is 1.56. The SMILES string of the molecule is Nc1ccc(S(=O)Cc2ccc(F)c(Cl)c2)c(Br)c1. The minimum Gasteiger partial charge on any atom is -0.399 e.